The molecule has 7 heteroatoms. The fourth-order valence-electron chi connectivity index (χ4n) is 2.89. The van der Waals surface area contributed by atoms with Crippen LogP contribution in [0.2, 0.25) is 0 Å². The molecule has 136 valence electrons. The maximum absolute atomic E-state index is 13.8. The molecule has 0 bridgehead atoms. The molecule has 0 aliphatic carbocycles. The fraction of sp³-hybridized carbons (Fsp3) is 0.263. The van der Waals surface area contributed by atoms with Crippen molar-refractivity contribution in [3.63, 3.8) is 0 Å². The zero-order valence-corrected chi connectivity index (χ0v) is 15.7. The molecule has 0 saturated carbocycles. The Morgan fingerprint density at radius 2 is 1.88 bits per heavy atom. The summed E-state index contributed by atoms with van der Waals surface area (Å²) in [6.45, 7) is 2.79. The summed E-state index contributed by atoms with van der Waals surface area (Å²) in [5, 5.41) is 4.67. The van der Waals surface area contributed by atoms with Crippen molar-refractivity contribution in [3.8, 4) is 0 Å². The Kier molecular flexibility index (Phi) is 4.69. The molecule has 0 saturated heterocycles. The Labute approximate surface area is 157 Å². The summed E-state index contributed by atoms with van der Waals surface area (Å²) in [5.41, 5.74) is -0.646. The summed E-state index contributed by atoms with van der Waals surface area (Å²) < 4.78 is 42.3. The smallest absolute Gasteiger partial charge is 0.267 e. The van der Waals surface area contributed by atoms with Gasteiger partial charge in [-0.15, -0.1) is 0 Å². The van der Waals surface area contributed by atoms with Crippen LogP contribution < -0.4 is 0 Å². The van der Waals surface area contributed by atoms with Gasteiger partial charge in [0.05, 0.1) is 5.71 Å². The first-order chi connectivity index (χ1) is 12.1. The van der Waals surface area contributed by atoms with Crippen LogP contribution in [0.3, 0.4) is 0 Å². The minimum absolute atomic E-state index is 0.180. The first-order valence-corrected chi connectivity index (χ1v) is 8.72. The summed E-state index contributed by atoms with van der Waals surface area (Å²) in [5.74, 6) is -0.765. The van der Waals surface area contributed by atoms with Gasteiger partial charge in [0.25, 0.3) is 5.91 Å². The molecule has 1 amide bonds. The molecule has 2 aromatic rings. The van der Waals surface area contributed by atoms with Crippen molar-refractivity contribution in [2.75, 3.05) is 0 Å². The summed E-state index contributed by atoms with van der Waals surface area (Å²) in [7, 11) is 0. The van der Waals surface area contributed by atoms with Crippen molar-refractivity contribution in [2.45, 2.75) is 32.0 Å². The second-order valence-corrected chi connectivity index (χ2v) is 7.41. The molecule has 0 aromatic heterocycles. The monoisotopic (exact) mass is 424 g/mol. The summed E-state index contributed by atoms with van der Waals surface area (Å²) in [4.78, 5) is 12.8. The zero-order valence-electron chi connectivity index (χ0n) is 14.1. The topological polar surface area (TPSA) is 32.7 Å². The molecule has 1 unspecified atom stereocenters. The van der Waals surface area contributed by atoms with E-state index in [0.717, 1.165) is 17.0 Å². The quantitative estimate of drug-likeness (QED) is 0.641. The zero-order chi connectivity index (χ0) is 19.1. The van der Waals surface area contributed by atoms with Crippen molar-refractivity contribution in [3.05, 3.63) is 69.7 Å². The van der Waals surface area contributed by atoms with Crippen molar-refractivity contribution >= 4 is 27.5 Å². The molecular weight excluding hydrogens is 409 g/mol. The van der Waals surface area contributed by atoms with Gasteiger partial charge in [0.1, 0.15) is 0 Å². The molecule has 0 spiro atoms. The van der Waals surface area contributed by atoms with Gasteiger partial charge in [0.2, 0.25) is 0 Å². The van der Waals surface area contributed by atoms with Crippen LogP contribution in [-0.2, 0) is 0 Å². The first kappa shape index (κ1) is 18.6. The van der Waals surface area contributed by atoms with E-state index in [-0.39, 0.29) is 11.3 Å². The van der Waals surface area contributed by atoms with E-state index >= 15 is 0 Å². The number of carbonyl (C=O) groups excluding carboxylic acids is 1. The van der Waals surface area contributed by atoms with Gasteiger partial charge in [-0.3, -0.25) is 4.79 Å². The number of nitrogens with zero attached hydrogens (tertiary/aromatic N) is 2. The molecule has 1 aliphatic heterocycles. The van der Waals surface area contributed by atoms with Crippen LogP contribution in [0.25, 0.3) is 0 Å². The Balaban J connectivity index is 2.07. The Morgan fingerprint density at radius 3 is 2.50 bits per heavy atom. The lowest BCUT2D eigenvalue weighted by molar-refractivity contribution is -0.211. The number of alkyl halides is 3. The standard InChI is InChI=1S/C19H16BrF3N2O/c1-12-5-3-7-14(9-12)17(26)25-18(2,19(21,22)23)11-16(24-25)13-6-4-8-15(20)10-13/h3-10H,11H2,1-2H3. The highest BCUT2D eigenvalue weighted by Gasteiger charge is 2.60. The molecule has 1 aliphatic rings. The molecule has 0 fully saturated rings. The van der Waals surface area contributed by atoms with E-state index in [4.69, 9.17) is 0 Å². The van der Waals surface area contributed by atoms with E-state index in [2.05, 4.69) is 21.0 Å². The number of amides is 1. The molecule has 1 heterocycles. The van der Waals surface area contributed by atoms with Gasteiger partial charge in [-0.1, -0.05) is 45.8 Å². The average molecular weight is 425 g/mol. The fourth-order valence-corrected chi connectivity index (χ4v) is 3.28. The first-order valence-electron chi connectivity index (χ1n) is 7.93. The molecule has 0 N–H and O–H groups in total. The van der Waals surface area contributed by atoms with Crippen LogP contribution in [0.5, 0.6) is 0 Å². The number of hydrogen-bond acceptors (Lipinski definition) is 2. The van der Waals surface area contributed by atoms with Crippen molar-refractivity contribution in [1.29, 1.82) is 0 Å². The minimum Gasteiger partial charge on any atom is -0.267 e. The predicted molar refractivity (Wildman–Crippen MR) is 97.1 cm³/mol. The summed E-state index contributed by atoms with van der Waals surface area (Å²) in [6.07, 6.45) is -5.02. The number of hydrazone groups is 1. The number of halogens is 4. The third-order valence-corrected chi connectivity index (χ3v) is 4.92. The molecule has 2 aromatic carbocycles. The van der Waals surface area contributed by atoms with Crippen LogP contribution in [-0.4, -0.2) is 28.3 Å². The van der Waals surface area contributed by atoms with Crippen LogP contribution in [0, 0.1) is 6.92 Å². The van der Waals surface area contributed by atoms with Crippen LogP contribution in [0.1, 0.15) is 34.8 Å². The number of rotatable bonds is 2. The highest BCUT2D eigenvalue weighted by molar-refractivity contribution is 9.10. The van der Waals surface area contributed by atoms with E-state index < -0.39 is 24.0 Å². The molecule has 0 radical (unpaired) electrons. The van der Waals surface area contributed by atoms with Gasteiger partial charge in [-0.05, 0) is 43.7 Å². The second-order valence-electron chi connectivity index (χ2n) is 6.49. The van der Waals surface area contributed by atoms with E-state index in [0.29, 0.717) is 10.6 Å². The molecular formula is C19H16BrF3N2O. The van der Waals surface area contributed by atoms with E-state index in [1.54, 1.807) is 49.4 Å². The van der Waals surface area contributed by atoms with Crippen molar-refractivity contribution in [2.24, 2.45) is 5.10 Å². The van der Waals surface area contributed by atoms with Gasteiger partial charge in [-0.25, -0.2) is 5.01 Å². The Hall–Kier alpha value is -2.15. The van der Waals surface area contributed by atoms with Crippen molar-refractivity contribution in [1.82, 2.24) is 5.01 Å². The van der Waals surface area contributed by atoms with Gasteiger partial charge in [-0.2, -0.15) is 18.3 Å². The lowest BCUT2D eigenvalue weighted by atomic mass is 9.91. The third-order valence-electron chi connectivity index (χ3n) is 4.43. The van der Waals surface area contributed by atoms with E-state index in [9.17, 15) is 18.0 Å². The van der Waals surface area contributed by atoms with Crippen LogP contribution in [0.4, 0.5) is 13.2 Å². The summed E-state index contributed by atoms with van der Waals surface area (Å²) in [6, 6.07) is 13.3. The lowest BCUT2D eigenvalue weighted by Crippen LogP contribution is -2.54. The summed E-state index contributed by atoms with van der Waals surface area (Å²) >= 11 is 3.31. The van der Waals surface area contributed by atoms with Crippen molar-refractivity contribution < 1.29 is 18.0 Å². The maximum Gasteiger partial charge on any atom is 0.413 e. The van der Waals surface area contributed by atoms with E-state index in [1.165, 1.54) is 6.07 Å². The third kappa shape index (κ3) is 3.28. The van der Waals surface area contributed by atoms with Crippen LogP contribution in [0.15, 0.2) is 58.1 Å². The second kappa shape index (κ2) is 6.54. The maximum atomic E-state index is 13.8. The number of carbonyl (C=O) groups is 1. The van der Waals surface area contributed by atoms with Gasteiger partial charge >= 0.3 is 6.18 Å². The van der Waals surface area contributed by atoms with E-state index in [1.807, 2.05) is 0 Å². The van der Waals surface area contributed by atoms with Gasteiger partial charge in [0.15, 0.2) is 5.54 Å². The molecule has 26 heavy (non-hydrogen) atoms. The normalized spacial score (nSPS) is 20.2. The average Bonchev–Trinajstić information content (AvgIpc) is 2.93. The largest absolute Gasteiger partial charge is 0.413 e. The SMILES string of the molecule is Cc1cccc(C(=O)N2N=C(c3cccc(Br)c3)CC2(C)C(F)(F)F)c1. The number of hydrogen-bond donors (Lipinski definition) is 0. The molecule has 3 nitrogen and oxygen atoms in total. The van der Waals surface area contributed by atoms with Gasteiger partial charge < -0.3 is 0 Å². The highest BCUT2D eigenvalue weighted by atomic mass is 79.9. The van der Waals surface area contributed by atoms with Crippen LogP contribution >= 0.6 is 15.9 Å². The lowest BCUT2D eigenvalue weighted by Gasteiger charge is -2.34. The Bertz CT molecular complexity index is 894. The number of aryl methyl sites for hydroxylation is 1. The molecule has 3 rings (SSSR count). The predicted octanol–water partition coefficient (Wildman–Crippen LogP) is 5.33. The molecule has 1 atom stereocenters. The number of benzene rings is 2. The minimum atomic E-state index is -4.62. The highest BCUT2D eigenvalue weighted by Crippen LogP contribution is 2.43. The Morgan fingerprint density at radius 1 is 1.19 bits per heavy atom. The van der Waals surface area contributed by atoms with Gasteiger partial charge in [0, 0.05) is 16.5 Å².